The third kappa shape index (κ3) is 3.71. The van der Waals surface area contributed by atoms with Gasteiger partial charge in [0, 0.05) is 6.04 Å². The molecule has 0 heterocycles. The summed E-state index contributed by atoms with van der Waals surface area (Å²) in [4.78, 5) is 2.35. The molecule has 0 spiro atoms. The summed E-state index contributed by atoms with van der Waals surface area (Å²) in [7, 11) is 4.36. The van der Waals surface area contributed by atoms with Crippen molar-refractivity contribution < 1.29 is 5.11 Å². The minimum absolute atomic E-state index is 0.534. The van der Waals surface area contributed by atoms with Crippen LogP contribution >= 0.6 is 0 Å². The highest BCUT2D eigenvalue weighted by molar-refractivity contribution is 5.38. The molecule has 0 amide bonds. The molecule has 0 radical (unpaired) electrons. The third-order valence-electron chi connectivity index (χ3n) is 5.55. The molecule has 2 heteroatoms. The Morgan fingerprint density at radius 1 is 0.917 bits per heavy atom. The largest absolute Gasteiger partial charge is 0.384 e. The van der Waals surface area contributed by atoms with Crippen LogP contribution in [0.15, 0.2) is 48.5 Å². The van der Waals surface area contributed by atoms with Crippen molar-refractivity contribution in [1.82, 2.24) is 4.90 Å². The monoisotopic (exact) mass is 323 g/mol. The molecule has 1 aliphatic carbocycles. The van der Waals surface area contributed by atoms with Crippen molar-refractivity contribution in [3.63, 3.8) is 0 Å². The van der Waals surface area contributed by atoms with Crippen LogP contribution < -0.4 is 0 Å². The summed E-state index contributed by atoms with van der Waals surface area (Å²) in [5.41, 5.74) is 4.62. The maximum atomic E-state index is 10.9. The van der Waals surface area contributed by atoms with E-state index in [1.165, 1.54) is 36.8 Å². The van der Waals surface area contributed by atoms with Crippen LogP contribution in [0.3, 0.4) is 0 Å². The van der Waals surface area contributed by atoms with E-state index in [-0.39, 0.29) is 0 Å². The van der Waals surface area contributed by atoms with Crippen LogP contribution in [0, 0.1) is 6.92 Å². The van der Waals surface area contributed by atoms with E-state index in [9.17, 15) is 5.11 Å². The summed E-state index contributed by atoms with van der Waals surface area (Å²) >= 11 is 0. The van der Waals surface area contributed by atoms with E-state index < -0.39 is 6.10 Å². The van der Waals surface area contributed by atoms with Gasteiger partial charge in [-0.15, -0.1) is 0 Å². The average molecular weight is 323 g/mol. The Bertz CT molecular complexity index is 654. The first-order valence-electron chi connectivity index (χ1n) is 9.06. The Kier molecular flexibility index (Phi) is 5.37. The first-order chi connectivity index (χ1) is 11.6. The standard InChI is InChI=1S/C22H29NO/c1-16-8-10-18(11-9-16)22(24)21-7-5-4-6-20(21)17-12-14-19(15-13-17)23(2)3/h4-11,17,19,22,24H,12-15H2,1-3H3. The fourth-order valence-corrected chi connectivity index (χ4v) is 3.96. The molecule has 2 aromatic rings. The van der Waals surface area contributed by atoms with Crippen LogP contribution in [0.25, 0.3) is 0 Å². The Hall–Kier alpha value is -1.64. The van der Waals surface area contributed by atoms with Crippen molar-refractivity contribution in [3.8, 4) is 0 Å². The molecule has 1 unspecified atom stereocenters. The van der Waals surface area contributed by atoms with Gasteiger partial charge in [0.05, 0.1) is 0 Å². The number of aryl methyl sites for hydroxylation is 1. The van der Waals surface area contributed by atoms with Gasteiger partial charge in [0.1, 0.15) is 6.10 Å². The van der Waals surface area contributed by atoms with Crippen LogP contribution in [-0.2, 0) is 0 Å². The summed E-state index contributed by atoms with van der Waals surface area (Å²) in [6.45, 7) is 2.08. The third-order valence-corrected chi connectivity index (χ3v) is 5.55. The highest BCUT2D eigenvalue weighted by Gasteiger charge is 2.26. The van der Waals surface area contributed by atoms with Crippen LogP contribution in [0.2, 0.25) is 0 Å². The molecule has 0 aromatic heterocycles. The zero-order chi connectivity index (χ0) is 17.1. The van der Waals surface area contributed by atoms with Crippen LogP contribution in [0.1, 0.15) is 60.0 Å². The summed E-state index contributed by atoms with van der Waals surface area (Å²) in [6, 6.07) is 17.4. The predicted molar refractivity (Wildman–Crippen MR) is 100 cm³/mol. The molecule has 128 valence electrons. The van der Waals surface area contributed by atoms with Gasteiger partial charge in [-0.25, -0.2) is 0 Å². The molecular weight excluding hydrogens is 294 g/mol. The van der Waals surface area contributed by atoms with Crippen LogP contribution in [0.5, 0.6) is 0 Å². The van der Waals surface area contributed by atoms with E-state index in [0.29, 0.717) is 12.0 Å². The van der Waals surface area contributed by atoms with E-state index in [1.54, 1.807) is 0 Å². The summed E-state index contributed by atoms with van der Waals surface area (Å²) in [5.74, 6) is 0.567. The van der Waals surface area contributed by atoms with Gasteiger partial charge in [0.25, 0.3) is 0 Å². The SMILES string of the molecule is Cc1ccc(C(O)c2ccccc2C2CCC(N(C)C)CC2)cc1. The van der Waals surface area contributed by atoms with E-state index in [2.05, 4.69) is 56.3 Å². The molecule has 24 heavy (non-hydrogen) atoms. The number of hydrogen-bond donors (Lipinski definition) is 1. The molecular formula is C22H29NO. The van der Waals surface area contributed by atoms with Gasteiger partial charge in [-0.2, -0.15) is 0 Å². The average Bonchev–Trinajstić information content (AvgIpc) is 2.62. The van der Waals surface area contributed by atoms with E-state index >= 15 is 0 Å². The molecule has 1 aliphatic rings. The number of rotatable bonds is 4. The molecule has 3 rings (SSSR count). The van der Waals surface area contributed by atoms with Crippen molar-refractivity contribution >= 4 is 0 Å². The molecule has 1 saturated carbocycles. The maximum absolute atomic E-state index is 10.9. The van der Waals surface area contributed by atoms with Crippen molar-refractivity contribution in [2.75, 3.05) is 14.1 Å². The quantitative estimate of drug-likeness (QED) is 0.884. The van der Waals surface area contributed by atoms with Gasteiger partial charge in [-0.1, -0.05) is 54.1 Å². The molecule has 0 bridgehead atoms. The van der Waals surface area contributed by atoms with E-state index in [1.807, 2.05) is 18.2 Å². The summed E-state index contributed by atoms with van der Waals surface area (Å²) < 4.78 is 0. The highest BCUT2D eigenvalue weighted by atomic mass is 16.3. The van der Waals surface area contributed by atoms with Crippen LogP contribution in [-0.4, -0.2) is 30.1 Å². The topological polar surface area (TPSA) is 23.5 Å². The van der Waals surface area contributed by atoms with Gasteiger partial charge in [0.2, 0.25) is 0 Å². The number of hydrogen-bond acceptors (Lipinski definition) is 2. The fourth-order valence-electron chi connectivity index (χ4n) is 3.96. The van der Waals surface area contributed by atoms with E-state index in [0.717, 1.165) is 11.1 Å². The minimum Gasteiger partial charge on any atom is -0.384 e. The Morgan fingerprint density at radius 3 is 2.17 bits per heavy atom. The lowest BCUT2D eigenvalue weighted by Gasteiger charge is -2.34. The van der Waals surface area contributed by atoms with Gasteiger partial charge < -0.3 is 10.0 Å². The van der Waals surface area contributed by atoms with Crippen LogP contribution in [0.4, 0.5) is 0 Å². The van der Waals surface area contributed by atoms with Crippen molar-refractivity contribution in [2.24, 2.45) is 0 Å². The Morgan fingerprint density at radius 2 is 1.54 bits per heavy atom. The lowest BCUT2D eigenvalue weighted by molar-refractivity contribution is 0.206. The van der Waals surface area contributed by atoms with Gasteiger partial charge in [-0.3, -0.25) is 0 Å². The zero-order valence-corrected chi connectivity index (χ0v) is 15.1. The number of aliphatic hydroxyl groups excluding tert-OH is 1. The lowest BCUT2D eigenvalue weighted by Crippen LogP contribution is -2.31. The van der Waals surface area contributed by atoms with Gasteiger partial charge in [0.15, 0.2) is 0 Å². The maximum Gasteiger partial charge on any atom is 0.104 e. The second kappa shape index (κ2) is 7.50. The first kappa shape index (κ1) is 17.2. The molecule has 2 nitrogen and oxygen atoms in total. The molecule has 0 aliphatic heterocycles. The van der Waals surface area contributed by atoms with Gasteiger partial charge >= 0.3 is 0 Å². The second-order valence-corrected chi connectivity index (χ2v) is 7.41. The summed E-state index contributed by atoms with van der Waals surface area (Å²) in [5, 5.41) is 10.9. The molecule has 1 atom stereocenters. The van der Waals surface area contributed by atoms with Gasteiger partial charge in [-0.05, 0) is 69.3 Å². The zero-order valence-electron chi connectivity index (χ0n) is 15.1. The fraction of sp³-hybridized carbons (Fsp3) is 0.455. The first-order valence-corrected chi connectivity index (χ1v) is 9.06. The summed E-state index contributed by atoms with van der Waals surface area (Å²) in [6.07, 6.45) is 4.37. The molecule has 1 N–H and O–H groups in total. The number of nitrogens with zero attached hydrogens (tertiary/aromatic N) is 1. The van der Waals surface area contributed by atoms with Crippen molar-refractivity contribution in [1.29, 1.82) is 0 Å². The highest BCUT2D eigenvalue weighted by Crippen LogP contribution is 2.38. The van der Waals surface area contributed by atoms with Crippen molar-refractivity contribution in [3.05, 3.63) is 70.8 Å². The minimum atomic E-state index is -0.534. The predicted octanol–water partition coefficient (Wildman–Crippen LogP) is 4.66. The normalized spacial score (nSPS) is 22.5. The molecule has 1 fully saturated rings. The van der Waals surface area contributed by atoms with Crippen molar-refractivity contribution in [2.45, 2.75) is 50.7 Å². The number of aliphatic hydroxyl groups is 1. The Labute approximate surface area is 146 Å². The smallest absolute Gasteiger partial charge is 0.104 e. The number of benzene rings is 2. The van der Waals surface area contributed by atoms with E-state index in [4.69, 9.17) is 0 Å². The lowest BCUT2D eigenvalue weighted by atomic mass is 9.78. The Balaban J connectivity index is 1.82. The molecule has 0 saturated heterocycles. The molecule has 2 aromatic carbocycles. The second-order valence-electron chi connectivity index (χ2n) is 7.41.